The van der Waals surface area contributed by atoms with Crippen molar-refractivity contribution < 1.29 is 12.9 Å². The predicted octanol–water partition coefficient (Wildman–Crippen LogP) is 1.52. The van der Waals surface area contributed by atoms with Gasteiger partial charge in [-0.1, -0.05) is 5.16 Å². The Balaban J connectivity index is 1.33. The van der Waals surface area contributed by atoms with Gasteiger partial charge in [0, 0.05) is 50.4 Å². The Morgan fingerprint density at radius 1 is 1.12 bits per heavy atom. The summed E-state index contributed by atoms with van der Waals surface area (Å²) in [7, 11) is -3.64. The molecule has 1 aromatic heterocycles. The molecule has 0 spiro atoms. The topological polar surface area (TPSA) is 92.7 Å². The zero-order chi connectivity index (χ0) is 17.4. The molecule has 0 radical (unpaired) electrons. The molecule has 0 bridgehead atoms. The normalized spacial score (nSPS) is 19.3. The minimum Gasteiger partial charge on any atom is -0.369 e. The van der Waals surface area contributed by atoms with Gasteiger partial charge in [0.1, 0.15) is 5.76 Å². The summed E-state index contributed by atoms with van der Waals surface area (Å²) in [5.41, 5.74) is 2.03. The molecule has 1 saturated carbocycles. The Kier molecular flexibility index (Phi) is 4.26. The lowest BCUT2D eigenvalue weighted by atomic mass is 10.2. The third-order valence-corrected chi connectivity index (χ3v) is 5.77. The molecule has 2 aliphatic rings. The van der Waals surface area contributed by atoms with E-state index in [0.29, 0.717) is 5.92 Å². The molecular formula is C17H22N4O3S. The summed E-state index contributed by atoms with van der Waals surface area (Å²) in [4.78, 5) is 4.76. The van der Waals surface area contributed by atoms with Crippen molar-refractivity contribution in [3.8, 4) is 0 Å². The second kappa shape index (κ2) is 6.44. The van der Waals surface area contributed by atoms with Gasteiger partial charge in [-0.25, -0.2) is 13.6 Å². The van der Waals surface area contributed by atoms with E-state index in [4.69, 9.17) is 9.66 Å². The van der Waals surface area contributed by atoms with Crippen LogP contribution in [0.1, 0.15) is 30.2 Å². The monoisotopic (exact) mass is 362 g/mol. The molecule has 7 nitrogen and oxygen atoms in total. The van der Waals surface area contributed by atoms with Crippen molar-refractivity contribution in [1.29, 1.82) is 0 Å². The van der Waals surface area contributed by atoms with Gasteiger partial charge in [-0.15, -0.1) is 0 Å². The van der Waals surface area contributed by atoms with Gasteiger partial charge in [-0.3, -0.25) is 4.90 Å². The first kappa shape index (κ1) is 16.6. The Bertz CT molecular complexity index is 835. The summed E-state index contributed by atoms with van der Waals surface area (Å²) in [5, 5.41) is 9.32. The quantitative estimate of drug-likeness (QED) is 0.867. The lowest BCUT2D eigenvalue weighted by Crippen LogP contribution is -2.46. The first-order valence-electron chi connectivity index (χ1n) is 8.55. The van der Waals surface area contributed by atoms with E-state index in [9.17, 15) is 8.42 Å². The first-order chi connectivity index (χ1) is 12.0. The molecule has 25 heavy (non-hydrogen) atoms. The maximum absolute atomic E-state index is 11.3. The number of nitrogens with two attached hydrogens (primary N) is 1. The van der Waals surface area contributed by atoms with Gasteiger partial charge >= 0.3 is 0 Å². The molecule has 2 fully saturated rings. The van der Waals surface area contributed by atoms with Gasteiger partial charge in [-0.05, 0) is 37.1 Å². The van der Waals surface area contributed by atoms with Crippen molar-refractivity contribution >= 4 is 15.7 Å². The average molecular weight is 362 g/mol. The van der Waals surface area contributed by atoms with Crippen molar-refractivity contribution in [2.24, 2.45) is 5.14 Å². The molecule has 2 N–H and O–H groups in total. The van der Waals surface area contributed by atoms with Gasteiger partial charge in [0.05, 0.1) is 10.6 Å². The maximum atomic E-state index is 11.3. The van der Waals surface area contributed by atoms with E-state index in [0.717, 1.165) is 49.9 Å². The van der Waals surface area contributed by atoms with Crippen LogP contribution in [-0.4, -0.2) is 44.7 Å². The fourth-order valence-corrected chi connectivity index (χ4v) is 3.72. The zero-order valence-corrected chi connectivity index (χ0v) is 14.8. The number of rotatable bonds is 5. The van der Waals surface area contributed by atoms with Gasteiger partial charge in [0.2, 0.25) is 10.0 Å². The second-order valence-electron chi connectivity index (χ2n) is 6.80. The van der Waals surface area contributed by atoms with Crippen LogP contribution >= 0.6 is 0 Å². The number of anilines is 1. The van der Waals surface area contributed by atoms with Crippen LogP contribution in [0.5, 0.6) is 0 Å². The molecule has 1 aliphatic heterocycles. The van der Waals surface area contributed by atoms with E-state index < -0.39 is 10.0 Å². The molecule has 1 aromatic carbocycles. The molecule has 1 saturated heterocycles. The molecule has 1 aliphatic carbocycles. The molecule has 134 valence electrons. The SMILES string of the molecule is NS(=O)(=O)c1ccc(N2CCN(Cc3cc(C4CC4)on3)CC2)cc1. The minimum absolute atomic E-state index is 0.146. The van der Waals surface area contributed by atoms with Gasteiger partial charge < -0.3 is 9.42 Å². The average Bonchev–Trinajstić information content (AvgIpc) is 3.35. The highest BCUT2D eigenvalue weighted by atomic mass is 32.2. The van der Waals surface area contributed by atoms with Crippen molar-refractivity contribution in [1.82, 2.24) is 10.1 Å². The number of hydrogen-bond donors (Lipinski definition) is 1. The summed E-state index contributed by atoms with van der Waals surface area (Å²) in [6, 6.07) is 8.84. The van der Waals surface area contributed by atoms with Crippen LogP contribution in [0.3, 0.4) is 0 Å². The molecule has 4 rings (SSSR count). The lowest BCUT2D eigenvalue weighted by molar-refractivity contribution is 0.241. The molecular weight excluding hydrogens is 340 g/mol. The number of nitrogens with zero attached hydrogens (tertiary/aromatic N) is 3. The second-order valence-corrected chi connectivity index (χ2v) is 8.36. The summed E-state index contributed by atoms with van der Waals surface area (Å²) >= 11 is 0. The Morgan fingerprint density at radius 3 is 2.40 bits per heavy atom. The number of sulfonamides is 1. The number of hydrogen-bond acceptors (Lipinski definition) is 6. The number of benzene rings is 1. The molecule has 2 aromatic rings. The van der Waals surface area contributed by atoms with Gasteiger partial charge in [-0.2, -0.15) is 0 Å². The highest BCUT2D eigenvalue weighted by Crippen LogP contribution is 2.40. The third-order valence-electron chi connectivity index (χ3n) is 4.85. The fourth-order valence-electron chi connectivity index (χ4n) is 3.20. The Hall–Kier alpha value is -1.90. The third kappa shape index (κ3) is 3.86. The predicted molar refractivity (Wildman–Crippen MR) is 93.8 cm³/mol. The van der Waals surface area contributed by atoms with Crippen LogP contribution in [0, 0.1) is 0 Å². The largest absolute Gasteiger partial charge is 0.369 e. The van der Waals surface area contributed by atoms with Crippen LogP contribution in [0.2, 0.25) is 0 Å². The number of primary sulfonamides is 1. The van der Waals surface area contributed by atoms with E-state index in [-0.39, 0.29) is 4.90 Å². The molecule has 8 heteroatoms. The van der Waals surface area contributed by atoms with E-state index in [2.05, 4.69) is 21.0 Å². The van der Waals surface area contributed by atoms with Crippen LogP contribution < -0.4 is 10.0 Å². The highest BCUT2D eigenvalue weighted by molar-refractivity contribution is 7.89. The van der Waals surface area contributed by atoms with E-state index in [1.807, 2.05) is 12.1 Å². The highest BCUT2D eigenvalue weighted by Gasteiger charge is 2.28. The van der Waals surface area contributed by atoms with Crippen LogP contribution in [0.4, 0.5) is 5.69 Å². The van der Waals surface area contributed by atoms with Crippen LogP contribution in [0.25, 0.3) is 0 Å². The molecule has 0 amide bonds. The number of aromatic nitrogens is 1. The Labute approximate surface area is 147 Å². The van der Waals surface area contributed by atoms with Crippen molar-refractivity contribution in [3.63, 3.8) is 0 Å². The molecule has 0 unspecified atom stereocenters. The maximum Gasteiger partial charge on any atom is 0.238 e. The zero-order valence-electron chi connectivity index (χ0n) is 14.0. The standard InChI is InChI=1S/C17H22N4O3S/c18-25(22,23)16-5-3-15(4-6-16)21-9-7-20(8-10-21)12-14-11-17(24-19-14)13-1-2-13/h3-6,11,13H,1-2,7-10,12H2,(H2,18,22,23). The lowest BCUT2D eigenvalue weighted by Gasteiger charge is -2.35. The fraction of sp³-hybridized carbons (Fsp3) is 0.471. The summed E-state index contributed by atoms with van der Waals surface area (Å²) in [5.74, 6) is 1.63. The van der Waals surface area contributed by atoms with E-state index in [1.54, 1.807) is 12.1 Å². The first-order valence-corrected chi connectivity index (χ1v) is 10.1. The van der Waals surface area contributed by atoms with Crippen LogP contribution in [-0.2, 0) is 16.6 Å². The number of piperazine rings is 1. The summed E-state index contributed by atoms with van der Waals surface area (Å²) in [6.07, 6.45) is 2.44. The van der Waals surface area contributed by atoms with E-state index in [1.165, 1.54) is 12.8 Å². The smallest absolute Gasteiger partial charge is 0.238 e. The molecule has 0 atom stereocenters. The van der Waals surface area contributed by atoms with Crippen molar-refractivity contribution in [2.75, 3.05) is 31.1 Å². The van der Waals surface area contributed by atoms with E-state index >= 15 is 0 Å². The van der Waals surface area contributed by atoms with Gasteiger partial charge in [0.15, 0.2) is 0 Å². The minimum atomic E-state index is -3.64. The van der Waals surface area contributed by atoms with Crippen molar-refractivity contribution in [3.05, 3.63) is 41.8 Å². The molecule has 2 heterocycles. The summed E-state index contributed by atoms with van der Waals surface area (Å²) in [6.45, 7) is 4.46. The van der Waals surface area contributed by atoms with Crippen LogP contribution in [0.15, 0.2) is 39.8 Å². The summed E-state index contributed by atoms with van der Waals surface area (Å²) < 4.78 is 28.1. The Morgan fingerprint density at radius 2 is 1.80 bits per heavy atom. The van der Waals surface area contributed by atoms with Crippen molar-refractivity contribution in [2.45, 2.75) is 30.2 Å². The van der Waals surface area contributed by atoms with Gasteiger partial charge in [0.25, 0.3) is 0 Å².